The van der Waals surface area contributed by atoms with E-state index in [9.17, 15) is 9.59 Å². The number of nitrogens with zero attached hydrogens (tertiary/aromatic N) is 1. The predicted octanol–water partition coefficient (Wildman–Crippen LogP) is 4.57. The van der Waals surface area contributed by atoms with Crippen LogP contribution in [-0.4, -0.2) is 31.8 Å². The summed E-state index contributed by atoms with van der Waals surface area (Å²) in [6, 6.07) is 21.1. The summed E-state index contributed by atoms with van der Waals surface area (Å²) in [5.74, 6) is 1.19. The van der Waals surface area contributed by atoms with Gasteiger partial charge in [0, 0.05) is 0 Å². The molecule has 0 saturated heterocycles. The molecule has 33 heavy (non-hydrogen) atoms. The third-order valence-electron chi connectivity index (χ3n) is 4.71. The van der Waals surface area contributed by atoms with E-state index in [1.54, 1.807) is 55.6 Å². The van der Waals surface area contributed by atoms with Crippen LogP contribution in [0, 0.1) is 0 Å². The van der Waals surface area contributed by atoms with Crippen molar-refractivity contribution >= 4 is 18.1 Å². The van der Waals surface area contributed by atoms with Crippen LogP contribution in [0.5, 0.6) is 17.2 Å². The number of benzene rings is 3. The van der Waals surface area contributed by atoms with Crippen molar-refractivity contribution in [3.63, 3.8) is 0 Å². The van der Waals surface area contributed by atoms with Crippen molar-refractivity contribution in [2.24, 2.45) is 5.10 Å². The number of hydrogen-bond donors (Lipinski definition) is 1. The number of methoxy groups -OCH3 is 1. The normalized spacial score (nSPS) is 10.8. The highest BCUT2D eigenvalue weighted by molar-refractivity contribution is 5.91. The topological polar surface area (TPSA) is 86.2 Å². The lowest BCUT2D eigenvalue weighted by Crippen LogP contribution is -2.24. The fraction of sp³-hybridized carbons (Fsp3) is 0.192. The van der Waals surface area contributed by atoms with Gasteiger partial charge in [0.05, 0.1) is 18.9 Å². The van der Waals surface area contributed by atoms with E-state index in [0.29, 0.717) is 34.3 Å². The summed E-state index contributed by atoms with van der Waals surface area (Å²) in [7, 11) is 1.56. The lowest BCUT2D eigenvalue weighted by molar-refractivity contribution is -0.123. The second-order valence-electron chi connectivity index (χ2n) is 7.50. The summed E-state index contributed by atoms with van der Waals surface area (Å²) >= 11 is 0. The second kappa shape index (κ2) is 11.5. The number of nitrogens with one attached hydrogen (secondary N) is 1. The van der Waals surface area contributed by atoms with Crippen LogP contribution in [0.1, 0.15) is 41.3 Å². The lowest BCUT2D eigenvalue weighted by atomic mass is 10.0. The van der Waals surface area contributed by atoms with Crippen LogP contribution in [0.15, 0.2) is 77.9 Å². The number of rotatable bonds is 9. The van der Waals surface area contributed by atoms with Gasteiger partial charge in [-0.1, -0.05) is 38.1 Å². The highest BCUT2D eigenvalue weighted by Gasteiger charge is 2.09. The molecule has 3 rings (SSSR count). The van der Waals surface area contributed by atoms with Crippen LogP contribution in [0.3, 0.4) is 0 Å². The first-order valence-corrected chi connectivity index (χ1v) is 10.5. The smallest absolute Gasteiger partial charge is 0.343 e. The van der Waals surface area contributed by atoms with Crippen LogP contribution >= 0.6 is 0 Å². The van der Waals surface area contributed by atoms with Crippen molar-refractivity contribution in [1.82, 2.24) is 5.43 Å². The Kier molecular flexibility index (Phi) is 8.18. The summed E-state index contributed by atoms with van der Waals surface area (Å²) < 4.78 is 16.0. The number of amides is 1. The van der Waals surface area contributed by atoms with E-state index < -0.39 is 5.97 Å². The fourth-order valence-electron chi connectivity index (χ4n) is 2.86. The van der Waals surface area contributed by atoms with Gasteiger partial charge in [-0.05, 0) is 65.6 Å². The van der Waals surface area contributed by atoms with Crippen molar-refractivity contribution in [1.29, 1.82) is 0 Å². The summed E-state index contributed by atoms with van der Waals surface area (Å²) in [5.41, 5.74) is 4.67. The molecule has 1 N–H and O–H groups in total. The molecule has 7 heteroatoms. The van der Waals surface area contributed by atoms with Gasteiger partial charge in [0.2, 0.25) is 0 Å². The zero-order valence-electron chi connectivity index (χ0n) is 18.8. The molecular formula is C26H26N2O5. The number of ether oxygens (including phenoxy) is 3. The first kappa shape index (κ1) is 23.5. The van der Waals surface area contributed by atoms with E-state index in [-0.39, 0.29) is 12.5 Å². The summed E-state index contributed by atoms with van der Waals surface area (Å²) in [4.78, 5) is 24.3. The van der Waals surface area contributed by atoms with E-state index in [1.807, 2.05) is 24.3 Å². The standard InChI is InChI=1S/C26H26N2O5/c1-18(2)20-7-13-23(14-8-20)32-17-25(29)28-27-16-19-5-4-6-24(15-19)33-26(30)21-9-11-22(31-3)12-10-21/h4-16,18H,17H2,1-3H3,(H,28,29). The molecule has 0 saturated carbocycles. The van der Waals surface area contributed by atoms with Crippen LogP contribution in [-0.2, 0) is 4.79 Å². The molecule has 0 bridgehead atoms. The molecule has 0 aromatic heterocycles. The average Bonchev–Trinajstić information content (AvgIpc) is 2.83. The van der Waals surface area contributed by atoms with Crippen molar-refractivity contribution < 1.29 is 23.8 Å². The van der Waals surface area contributed by atoms with Gasteiger partial charge in [0.15, 0.2) is 6.61 Å². The van der Waals surface area contributed by atoms with Crippen molar-refractivity contribution in [2.45, 2.75) is 19.8 Å². The van der Waals surface area contributed by atoms with Gasteiger partial charge in [-0.2, -0.15) is 5.10 Å². The zero-order valence-corrected chi connectivity index (χ0v) is 18.8. The zero-order chi connectivity index (χ0) is 23.6. The van der Waals surface area contributed by atoms with Crippen molar-refractivity contribution in [2.75, 3.05) is 13.7 Å². The number of carbonyl (C=O) groups is 2. The first-order valence-electron chi connectivity index (χ1n) is 10.5. The van der Waals surface area contributed by atoms with Gasteiger partial charge in [0.25, 0.3) is 5.91 Å². The van der Waals surface area contributed by atoms with Crippen molar-refractivity contribution in [3.8, 4) is 17.2 Å². The quantitative estimate of drug-likeness (QED) is 0.225. The minimum atomic E-state index is -0.487. The predicted molar refractivity (Wildman–Crippen MR) is 126 cm³/mol. The van der Waals surface area contributed by atoms with E-state index in [4.69, 9.17) is 14.2 Å². The van der Waals surface area contributed by atoms with Crippen molar-refractivity contribution in [3.05, 3.63) is 89.5 Å². The Morgan fingerprint density at radius 2 is 1.64 bits per heavy atom. The summed E-state index contributed by atoms with van der Waals surface area (Å²) in [6.45, 7) is 4.07. The number of carbonyl (C=O) groups excluding carboxylic acids is 2. The minimum absolute atomic E-state index is 0.155. The molecule has 3 aromatic rings. The highest BCUT2D eigenvalue weighted by Crippen LogP contribution is 2.19. The maximum absolute atomic E-state index is 12.3. The molecule has 7 nitrogen and oxygen atoms in total. The average molecular weight is 447 g/mol. The largest absolute Gasteiger partial charge is 0.497 e. The Hall–Kier alpha value is -4.13. The summed E-state index contributed by atoms with van der Waals surface area (Å²) in [6.07, 6.45) is 1.46. The minimum Gasteiger partial charge on any atom is -0.497 e. The molecule has 0 radical (unpaired) electrons. The van der Waals surface area contributed by atoms with Crippen LogP contribution in [0.4, 0.5) is 0 Å². The molecule has 0 aliphatic carbocycles. The fourth-order valence-corrected chi connectivity index (χ4v) is 2.86. The van der Waals surface area contributed by atoms with Gasteiger partial charge in [0.1, 0.15) is 17.2 Å². The van der Waals surface area contributed by atoms with E-state index >= 15 is 0 Å². The second-order valence-corrected chi connectivity index (χ2v) is 7.50. The maximum atomic E-state index is 12.3. The number of esters is 1. The number of hydrazone groups is 1. The molecular weight excluding hydrogens is 420 g/mol. The van der Waals surface area contributed by atoms with Crippen LogP contribution in [0.25, 0.3) is 0 Å². The van der Waals surface area contributed by atoms with Gasteiger partial charge >= 0.3 is 5.97 Å². The molecule has 0 atom stereocenters. The Bertz CT molecular complexity index is 1110. The van der Waals surface area contributed by atoms with Crippen LogP contribution in [0.2, 0.25) is 0 Å². The molecule has 0 heterocycles. The number of hydrogen-bond acceptors (Lipinski definition) is 6. The monoisotopic (exact) mass is 446 g/mol. The van der Waals surface area contributed by atoms with E-state index in [2.05, 4.69) is 24.4 Å². The molecule has 0 aliphatic heterocycles. The molecule has 3 aromatic carbocycles. The molecule has 0 aliphatic rings. The Morgan fingerprint density at radius 3 is 2.30 bits per heavy atom. The van der Waals surface area contributed by atoms with Gasteiger partial charge < -0.3 is 14.2 Å². The Labute approximate surface area is 193 Å². The van der Waals surface area contributed by atoms with Gasteiger partial charge in [-0.3, -0.25) is 4.79 Å². The van der Waals surface area contributed by atoms with E-state index in [1.165, 1.54) is 11.8 Å². The van der Waals surface area contributed by atoms with Gasteiger partial charge in [-0.15, -0.1) is 0 Å². The Balaban J connectivity index is 1.49. The molecule has 0 spiro atoms. The molecule has 0 fully saturated rings. The molecule has 1 amide bonds. The van der Waals surface area contributed by atoms with Gasteiger partial charge in [-0.25, -0.2) is 10.2 Å². The van der Waals surface area contributed by atoms with Crippen LogP contribution < -0.4 is 19.6 Å². The Morgan fingerprint density at radius 1 is 0.939 bits per heavy atom. The SMILES string of the molecule is COc1ccc(C(=O)Oc2cccc(C=NNC(=O)COc3ccc(C(C)C)cc3)c2)cc1. The first-order chi connectivity index (χ1) is 15.9. The maximum Gasteiger partial charge on any atom is 0.343 e. The highest BCUT2D eigenvalue weighted by atomic mass is 16.5. The summed E-state index contributed by atoms with van der Waals surface area (Å²) in [5, 5.41) is 3.93. The molecule has 0 unspecified atom stereocenters. The third-order valence-corrected chi connectivity index (χ3v) is 4.71. The lowest BCUT2D eigenvalue weighted by Gasteiger charge is -2.08. The van der Waals surface area contributed by atoms with E-state index in [0.717, 1.165) is 0 Å². The molecule has 170 valence electrons. The third kappa shape index (κ3) is 7.21.